The maximum Gasteiger partial charge on any atom is 0.321 e. The van der Waals surface area contributed by atoms with E-state index in [2.05, 4.69) is 15.3 Å². The summed E-state index contributed by atoms with van der Waals surface area (Å²) in [6, 6.07) is 7.31. The normalized spacial score (nSPS) is 17.2. The van der Waals surface area contributed by atoms with Gasteiger partial charge in [0.2, 0.25) is 5.95 Å². The number of rotatable bonds is 3. The number of nitrogens with one attached hydrogen (secondary N) is 1. The van der Waals surface area contributed by atoms with Crippen LogP contribution in [0.5, 0.6) is 0 Å². The fourth-order valence-corrected chi connectivity index (χ4v) is 3.13. The highest BCUT2D eigenvalue weighted by Crippen LogP contribution is 2.23. The topological polar surface area (TPSA) is 61.4 Å². The molecule has 1 fully saturated rings. The predicted molar refractivity (Wildman–Crippen MR) is 100 cm³/mol. The number of amides is 2. The van der Waals surface area contributed by atoms with E-state index >= 15 is 0 Å². The quantitative estimate of drug-likeness (QED) is 0.910. The molecule has 0 aliphatic carbocycles. The zero-order chi connectivity index (χ0) is 17.8. The zero-order valence-electron chi connectivity index (χ0n) is 14.4. The number of likely N-dealkylation sites (tertiary alicyclic amines) is 1. The van der Waals surface area contributed by atoms with Crippen LogP contribution in [-0.4, -0.2) is 47.1 Å². The van der Waals surface area contributed by atoms with Crippen LogP contribution in [0, 0.1) is 6.92 Å². The minimum absolute atomic E-state index is 0.129. The highest BCUT2D eigenvalue weighted by atomic mass is 35.5. The Hall–Kier alpha value is -2.34. The second kappa shape index (κ2) is 7.70. The summed E-state index contributed by atoms with van der Waals surface area (Å²) >= 11 is 6.12. The van der Waals surface area contributed by atoms with Gasteiger partial charge in [-0.1, -0.05) is 23.7 Å². The van der Waals surface area contributed by atoms with E-state index in [1.165, 1.54) is 0 Å². The molecule has 0 radical (unpaired) electrons. The molecular formula is C18H22ClN5O. The molecule has 7 heteroatoms. The molecule has 25 heavy (non-hydrogen) atoms. The average molecular weight is 360 g/mol. The Kier molecular flexibility index (Phi) is 5.38. The van der Waals surface area contributed by atoms with Crippen molar-refractivity contribution in [3.63, 3.8) is 0 Å². The van der Waals surface area contributed by atoms with E-state index < -0.39 is 0 Å². The molecule has 1 saturated heterocycles. The number of nitrogens with zero attached hydrogens (tertiary/aromatic N) is 4. The molecule has 3 rings (SSSR count). The third-order valence-corrected chi connectivity index (χ3v) is 4.76. The lowest BCUT2D eigenvalue weighted by Gasteiger charge is -2.37. The van der Waals surface area contributed by atoms with Gasteiger partial charge in [-0.15, -0.1) is 0 Å². The zero-order valence-corrected chi connectivity index (χ0v) is 15.2. The van der Waals surface area contributed by atoms with Gasteiger partial charge in [0.05, 0.1) is 10.7 Å². The average Bonchev–Trinajstić information content (AvgIpc) is 2.64. The van der Waals surface area contributed by atoms with Crippen molar-refractivity contribution in [2.45, 2.75) is 25.8 Å². The summed E-state index contributed by atoms with van der Waals surface area (Å²) in [5.74, 6) is 0.684. The van der Waals surface area contributed by atoms with Crippen molar-refractivity contribution >= 4 is 29.3 Å². The molecule has 2 amide bonds. The van der Waals surface area contributed by atoms with Gasteiger partial charge in [0, 0.05) is 38.6 Å². The Labute approximate surface area is 152 Å². The molecule has 1 aromatic carbocycles. The van der Waals surface area contributed by atoms with Crippen molar-refractivity contribution in [3.8, 4) is 0 Å². The lowest BCUT2D eigenvalue weighted by Crippen LogP contribution is -2.50. The van der Waals surface area contributed by atoms with Crippen LogP contribution in [0.2, 0.25) is 5.02 Å². The first-order chi connectivity index (χ1) is 12.0. The summed E-state index contributed by atoms with van der Waals surface area (Å²) in [6.45, 7) is 3.32. The summed E-state index contributed by atoms with van der Waals surface area (Å²) in [6.07, 6.45) is 5.56. The van der Waals surface area contributed by atoms with Gasteiger partial charge in [-0.2, -0.15) is 0 Å². The van der Waals surface area contributed by atoms with E-state index in [0.717, 1.165) is 24.9 Å². The number of carbonyl (C=O) groups excluding carboxylic acids is 1. The molecule has 0 bridgehead atoms. The van der Waals surface area contributed by atoms with Gasteiger partial charge in [-0.3, -0.25) is 0 Å². The first-order valence-electron chi connectivity index (χ1n) is 8.36. The molecule has 2 aromatic rings. The molecule has 1 aliphatic heterocycles. The number of hydrogen-bond acceptors (Lipinski definition) is 4. The smallest absolute Gasteiger partial charge is 0.321 e. The molecule has 1 aliphatic rings. The first kappa shape index (κ1) is 17.5. The summed E-state index contributed by atoms with van der Waals surface area (Å²) < 4.78 is 0. The van der Waals surface area contributed by atoms with E-state index in [9.17, 15) is 4.79 Å². The number of hydrogen-bond donors (Lipinski definition) is 1. The molecule has 0 spiro atoms. The minimum Gasteiger partial charge on any atom is -0.339 e. The number of halogens is 1. The van der Waals surface area contributed by atoms with Crippen molar-refractivity contribution in [3.05, 3.63) is 47.2 Å². The van der Waals surface area contributed by atoms with Crippen LogP contribution in [0.4, 0.5) is 16.4 Å². The van der Waals surface area contributed by atoms with Gasteiger partial charge in [0.1, 0.15) is 0 Å². The number of carbonyl (C=O) groups is 1. The fraction of sp³-hybridized carbons (Fsp3) is 0.389. The number of aryl methyl sites for hydroxylation is 1. The lowest BCUT2D eigenvalue weighted by atomic mass is 10.1. The molecular weight excluding hydrogens is 338 g/mol. The standard InChI is InChI=1S/C18H22ClN5O/c1-13-10-20-17(21-11-13)23(2)14-6-5-9-24(12-14)18(25)22-16-8-4-3-7-15(16)19/h3-4,7-8,10-11,14H,5-6,9,12H2,1-2H3,(H,22,25). The molecule has 6 nitrogen and oxygen atoms in total. The number of aromatic nitrogens is 2. The van der Waals surface area contributed by atoms with Gasteiger partial charge in [0.15, 0.2) is 0 Å². The maximum atomic E-state index is 12.6. The molecule has 132 valence electrons. The highest BCUT2D eigenvalue weighted by Gasteiger charge is 2.27. The largest absolute Gasteiger partial charge is 0.339 e. The lowest BCUT2D eigenvalue weighted by molar-refractivity contribution is 0.192. The Morgan fingerprint density at radius 1 is 1.32 bits per heavy atom. The van der Waals surface area contributed by atoms with Gasteiger partial charge < -0.3 is 15.1 Å². The van der Waals surface area contributed by atoms with E-state index in [1.54, 1.807) is 12.1 Å². The van der Waals surface area contributed by atoms with Crippen molar-refractivity contribution in [1.82, 2.24) is 14.9 Å². The van der Waals surface area contributed by atoms with Crippen LogP contribution in [0.15, 0.2) is 36.7 Å². The summed E-state index contributed by atoms with van der Waals surface area (Å²) in [7, 11) is 1.98. The summed E-state index contributed by atoms with van der Waals surface area (Å²) in [5, 5.41) is 3.43. The highest BCUT2D eigenvalue weighted by molar-refractivity contribution is 6.33. The molecule has 2 heterocycles. The SMILES string of the molecule is Cc1cnc(N(C)C2CCCN(C(=O)Nc3ccccc3Cl)C2)nc1. The number of benzene rings is 1. The van der Waals surface area contributed by atoms with Crippen molar-refractivity contribution in [2.24, 2.45) is 0 Å². The van der Waals surface area contributed by atoms with Gasteiger partial charge in [0.25, 0.3) is 0 Å². The third-order valence-electron chi connectivity index (χ3n) is 4.43. The van der Waals surface area contributed by atoms with E-state index in [1.807, 2.05) is 48.3 Å². The monoisotopic (exact) mass is 359 g/mol. The van der Waals surface area contributed by atoms with Crippen molar-refractivity contribution in [2.75, 3.05) is 30.4 Å². The van der Waals surface area contributed by atoms with Crippen LogP contribution in [-0.2, 0) is 0 Å². The summed E-state index contributed by atoms with van der Waals surface area (Å²) in [5.41, 5.74) is 1.66. The third kappa shape index (κ3) is 4.20. The summed E-state index contributed by atoms with van der Waals surface area (Å²) in [4.78, 5) is 25.2. The maximum absolute atomic E-state index is 12.6. The molecule has 1 aromatic heterocycles. The van der Waals surface area contributed by atoms with Crippen LogP contribution in [0.1, 0.15) is 18.4 Å². The molecule has 1 atom stereocenters. The van der Waals surface area contributed by atoms with Crippen molar-refractivity contribution in [1.29, 1.82) is 0 Å². The van der Waals surface area contributed by atoms with Crippen LogP contribution < -0.4 is 10.2 Å². The first-order valence-corrected chi connectivity index (χ1v) is 8.74. The van der Waals surface area contributed by atoms with Crippen LogP contribution >= 0.6 is 11.6 Å². The second-order valence-corrected chi connectivity index (χ2v) is 6.73. The number of piperidine rings is 1. The van der Waals surface area contributed by atoms with E-state index in [0.29, 0.717) is 23.2 Å². The Morgan fingerprint density at radius 2 is 2.04 bits per heavy atom. The number of urea groups is 1. The van der Waals surface area contributed by atoms with E-state index in [4.69, 9.17) is 11.6 Å². The number of para-hydroxylation sites is 1. The van der Waals surface area contributed by atoms with Crippen LogP contribution in [0.25, 0.3) is 0 Å². The van der Waals surface area contributed by atoms with Gasteiger partial charge >= 0.3 is 6.03 Å². The van der Waals surface area contributed by atoms with Crippen molar-refractivity contribution < 1.29 is 4.79 Å². The fourth-order valence-electron chi connectivity index (χ4n) is 2.94. The molecule has 1 unspecified atom stereocenters. The number of anilines is 2. The Bertz CT molecular complexity index is 737. The van der Waals surface area contributed by atoms with Crippen LogP contribution in [0.3, 0.4) is 0 Å². The molecule has 0 saturated carbocycles. The number of likely N-dealkylation sites (N-methyl/N-ethyl adjacent to an activating group) is 1. The predicted octanol–water partition coefficient (Wildman–Crippen LogP) is 3.57. The second-order valence-electron chi connectivity index (χ2n) is 6.32. The Balaban J connectivity index is 1.65. The minimum atomic E-state index is -0.129. The van der Waals surface area contributed by atoms with Gasteiger partial charge in [-0.25, -0.2) is 14.8 Å². The van der Waals surface area contributed by atoms with E-state index in [-0.39, 0.29) is 12.1 Å². The van der Waals surface area contributed by atoms with Gasteiger partial charge in [-0.05, 0) is 37.5 Å². The molecule has 1 N–H and O–H groups in total. The Morgan fingerprint density at radius 3 is 2.76 bits per heavy atom.